The zero-order valence-electron chi connectivity index (χ0n) is 6.99. The smallest absolute Gasteiger partial charge is 0.129 e. The van der Waals surface area contributed by atoms with Crippen molar-refractivity contribution < 1.29 is 9.84 Å². The molecule has 3 N–H and O–H groups in total. The number of aliphatic hydroxyl groups is 1. The number of rotatable bonds is 4. The van der Waals surface area contributed by atoms with Gasteiger partial charge in [0, 0.05) is 10.3 Å². The third-order valence-electron chi connectivity index (χ3n) is 1.60. The molecule has 68 valence electrons. The fraction of sp³-hybridized carbons (Fsp3) is 0.500. The first-order chi connectivity index (χ1) is 5.77. The number of methoxy groups -OCH3 is 1. The van der Waals surface area contributed by atoms with Crippen LogP contribution in [0.2, 0.25) is 0 Å². The summed E-state index contributed by atoms with van der Waals surface area (Å²) in [4.78, 5) is 0.914. The van der Waals surface area contributed by atoms with Crippen molar-refractivity contribution in [3.63, 3.8) is 0 Å². The lowest BCUT2D eigenvalue weighted by Crippen LogP contribution is -2.05. The molecule has 0 bridgehead atoms. The van der Waals surface area contributed by atoms with E-state index in [0.29, 0.717) is 13.0 Å². The molecule has 0 aromatic carbocycles. The molecule has 0 saturated carbocycles. The summed E-state index contributed by atoms with van der Waals surface area (Å²) in [7, 11) is 1.61. The Balaban J connectivity index is 2.61. The molecular formula is C8H13NO2S. The molecule has 0 amide bonds. The average Bonchev–Trinajstić information content (AvgIpc) is 2.52. The van der Waals surface area contributed by atoms with Gasteiger partial charge in [0.05, 0.1) is 13.2 Å². The van der Waals surface area contributed by atoms with Crippen LogP contribution >= 0.6 is 11.3 Å². The molecule has 1 aromatic rings. The van der Waals surface area contributed by atoms with Gasteiger partial charge in [0.1, 0.15) is 5.75 Å². The van der Waals surface area contributed by atoms with Crippen molar-refractivity contribution in [1.29, 1.82) is 0 Å². The van der Waals surface area contributed by atoms with Gasteiger partial charge in [-0.15, -0.1) is 11.3 Å². The van der Waals surface area contributed by atoms with Crippen LogP contribution in [-0.4, -0.2) is 18.8 Å². The minimum atomic E-state index is -0.441. The third-order valence-corrected chi connectivity index (χ3v) is 2.61. The zero-order valence-corrected chi connectivity index (χ0v) is 7.80. The molecule has 1 aromatic heterocycles. The highest BCUT2D eigenvalue weighted by Crippen LogP contribution is 2.27. The summed E-state index contributed by atoms with van der Waals surface area (Å²) in [5, 5.41) is 11.4. The Morgan fingerprint density at radius 1 is 1.75 bits per heavy atom. The Bertz CT molecular complexity index is 237. The number of ether oxygens (including phenoxy) is 1. The van der Waals surface area contributed by atoms with Gasteiger partial charge < -0.3 is 15.6 Å². The second-order valence-corrected chi connectivity index (χ2v) is 3.42. The molecule has 0 spiro atoms. The standard InChI is InChI=1S/C8H13NO2S/c1-11-6-4-8(12-5-6)7(10)2-3-9/h4-5,7,10H,2-3,9H2,1H3. The van der Waals surface area contributed by atoms with Crippen molar-refractivity contribution in [2.45, 2.75) is 12.5 Å². The van der Waals surface area contributed by atoms with Crippen molar-refractivity contribution in [1.82, 2.24) is 0 Å². The Labute approximate surface area is 75.8 Å². The predicted molar refractivity (Wildman–Crippen MR) is 49.5 cm³/mol. The Morgan fingerprint density at radius 3 is 3.00 bits per heavy atom. The van der Waals surface area contributed by atoms with Crippen molar-refractivity contribution in [3.05, 3.63) is 16.3 Å². The molecule has 1 rings (SSSR count). The molecular weight excluding hydrogens is 174 g/mol. The van der Waals surface area contributed by atoms with Gasteiger partial charge in [0.2, 0.25) is 0 Å². The minimum absolute atomic E-state index is 0.441. The second kappa shape index (κ2) is 4.45. The van der Waals surface area contributed by atoms with E-state index in [2.05, 4.69) is 0 Å². The van der Waals surface area contributed by atoms with Crippen LogP contribution in [0.4, 0.5) is 0 Å². The molecule has 0 fully saturated rings. The van der Waals surface area contributed by atoms with E-state index >= 15 is 0 Å². The molecule has 0 radical (unpaired) electrons. The molecule has 4 heteroatoms. The molecule has 0 aliphatic heterocycles. The molecule has 1 heterocycles. The van der Waals surface area contributed by atoms with Crippen molar-refractivity contribution >= 4 is 11.3 Å². The molecule has 1 atom stereocenters. The van der Waals surface area contributed by atoms with E-state index in [1.807, 2.05) is 11.4 Å². The van der Waals surface area contributed by atoms with Gasteiger partial charge >= 0.3 is 0 Å². The number of hydrogen-bond donors (Lipinski definition) is 2. The second-order valence-electron chi connectivity index (χ2n) is 2.48. The molecule has 12 heavy (non-hydrogen) atoms. The quantitative estimate of drug-likeness (QED) is 0.743. The van der Waals surface area contributed by atoms with E-state index in [1.165, 1.54) is 11.3 Å². The van der Waals surface area contributed by atoms with E-state index in [9.17, 15) is 5.11 Å². The van der Waals surface area contributed by atoms with Crippen LogP contribution in [0.3, 0.4) is 0 Å². The van der Waals surface area contributed by atoms with Gasteiger partial charge in [-0.1, -0.05) is 0 Å². The van der Waals surface area contributed by atoms with Gasteiger partial charge in [-0.3, -0.25) is 0 Å². The topological polar surface area (TPSA) is 55.5 Å². The summed E-state index contributed by atoms with van der Waals surface area (Å²) in [6.07, 6.45) is 0.160. The lowest BCUT2D eigenvalue weighted by atomic mass is 10.2. The molecule has 0 aliphatic carbocycles. The lowest BCUT2D eigenvalue weighted by Gasteiger charge is -2.04. The maximum absolute atomic E-state index is 9.50. The SMILES string of the molecule is COc1csc(C(O)CCN)c1. The first-order valence-electron chi connectivity index (χ1n) is 3.78. The highest BCUT2D eigenvalue weighted by molar-refractivity contribution is 7.10. The first kappa shape index (κ1) is 9.51. The number of thiophene rings is 1. The summed E-state index contributed by atoms with van der Waals surface area (Å²) >= 11 is 1.49. The third kappa shape index (κ3) is 2.20. The van der Waals surface area contributed by atoms with Crippen molar-refractivity contribution in [2.75, 3.05) is 13.7 Å². The summed E-state index contributed by atoms with van der Waals surface area (Å²) in [6.45, 7) is 0.501. The van der Waals surface area contributed by atoms with Crippen LogP contribution in [0.15, 0.2) is 11.4 Å². The summed E-state index contributed by atoms with van der Waals surface area (Å²) in [6, 6.07) is 1.84. The number of hydrogen-bond acceptors (Lipinski definition) is 4. The Morgan fingerprint density at radius 2 is 2.50 bits per heavy atom. The summed E-state index contributed by atoms with van der Waals surface area (Å²) in [5.41, 5.74) is 5.32. The van der Waals surface area contributed by atoms with Crippen LogP contribution in [0, 0.1) is 0 Å². The van der Waals surface area contributed by atoms with Gasteiger partial charge in [0.25, 0.3) is 0 Å². The first-order valence-corrected chi connectivity index (χ1v) is 4.66. The van der Waals surface area contributed by atoms with Gasteiger partial charge in [-0.2, -0.15) is 0 Å². The molecule has 1 unspecified atom stereocenters. The fourth-order valence-electron chi connectivity index (χ4n) is 0.916. The average molecular weight is 187 g/mol. The van der Waals surface area contributed by atoms with Gasteiger partial charge in [-0.05, 0) is 19.0 Å². The van der Waals surface area contributed by atoms with Crippen LogP contribution in [0.5, 0.6) is 5.75 Å². The van der Waals surface area contributed by atoms with Crippen molar-refractivity contribution in [3.8, 4) is 5.75 Å². The van der Waals surface area contributed by atoms with Crippen LogP contribution in [-0.2, 0) is 0 Å². The van der Waals surface area contributed by atoms with Crippen LogP contribution in [0.1, 0.15) is 17.4 Å². The van der Waals surface area contributed by atoms with E-state index in [4.69, 9.17) is 10.5 Å². The summed E-state index contributed by atoms with van der Waals surface area (Å²) in [5.74, 6) is 0.797. The highest BCUT2D eigenvalue weighted by atomic mass is 32.1. The Hall–Kier alpha value is -0.580. The van der Waals surface area contributed by atoms with E-state index in [1.54, 1.807) is 7.11 Å². The van der Waals surface area contributed by atoms with E-state index in [-0.39, 0.29) is 0 Å². The van der Waals surface area contributed by atoms with Crippen molar-refractivity contribution in [2.24, 2.45) is 5.73 Å². The van der Waals surface area contributed by atoms with Gasteiger partial charge in [0.15, 0.2) is 0 Å². The number of aliphatic hydroxyl groups excluding tert-OH is 1. The fourth-order valence-corrected chi connectivity index (χ4v) is 1.79. The monoisotopic (exact) mass is 187 g/mol. The van der Waals surface area contributed by atoms with Crippen LogP contribution in [0.25, 0.3) is 0 Å². The highest BCUT2D eigenvalue weighted by Gasteiger charge is 2.09. The van der Waals surface area contributed by atoms with Gasteiger partial charge in [-0.25, -0.2) is 0 Å². The molecule has 0 aliphatic rings. The molecule has 0 saturated heterocycles. The predicted octanol–water partition coefficient (Wildman–Crippen LogP) is 1.14. The van der Waals surface area contributed by atoms with Crippen LogP contribution < -0.4 is 10.5 Å². The largest absolute Gasteiger partial charge is 0.496 e. The normalized spacial score (nSPS) is 12.9. The van der Waals surface area contributed by atoms with E-state index in [0.717, 1.165) is 10.6 Å². The lowest BCUT2D eigenvalue weighted by molar-refractivity contribution is 0.174. The van der Waals surface area contributed by atoms with E-state index < -0.39 is 6.10 Å². The minimum Gasteiger partial charge on any atom is -0.496 e. The summed E-state index contributed by atoms with van der Waals surface area (Å²) < 4.78 is 4.99. The number of nitrogens with two attached hydrogens (primary N) is 1. The Kier molecular flexibility index (Phi) is 3.52. The molecule has 3 nitrogen and oxygen atoms in total. The zero-order chi connectivity index (χ0) is 8.97. The maximum atomic E-state index is 9.50. The maximum Gasteiger partial charge on any atom is 0.129 e.